The van der Waals surface area contributed by atoms with E-state index in [9.17, 15) is 5.11 Å². The number of morpholine rings is 1. The first-order valence-corrected chi connectivity index (χ1v) is 7.17. The van der Waals surface area contributed by atoms with Gasteiger partial charge in [0.1, 0.15) is 0 Å². The van der Waals surface area contributed by atoms with E-state index in [1.807, 2.05) is 12.1 Å². The Balaban J connectivity index is 0.00000133. The standard InChI is InChI=1S/C14H17NO2S.ClH/c16-13(9-15-5-7-17-8-6-15)12-10-18-14-4-2-1-3-11(12)14;/h1-4,10,13,16H,5-9H2;1H. The van der Waals surface area contributed by atoms with Gasteiger partial charge in [-0.25, -0.2) is 0 Å². The Morgan fingerprint density at radius 2 is 2.00 bits per heavy atom. The fourth-order valence-electron chi connectivity index (χ4n) is 2.38. The third-order valence-electron chi connectivity index (χ3n) is 3.40. The zero-order valence-electron chi connectivity index (χ0n) is 10.6. The van der Waals surface area contributed by atoms with Gasteiger partial charge in [-0.1, -0.05) is 18.2 Å². The average Bonchev–Trinajstić information content (AvgIpc) is 2.84. The molecule has 0 aliphatic carbocycles. The molecule has 2 aromatic rings. The molecule has 0 saturated carbocycles. The molecule has 1 saturated heterocycles. The second-order valence-electron chi connectivity index (χ2n) is 4.62. The molecule has 1 aliphatic rings. The number of rotatable bonds is 3. The smallest absolute Gasteiger partial charge is 0.0930 e. The van der Waals surface area contributed by atoms with Crippen molar-refractivity contribution in [3.05, 3.63) is 35.2 Å². The van der Waals surface area contributed by atoms with E-state index in [1.54, 1.807) is 11.3 Å². The Morgan fingerprint density at radius 3 is 2.79 bits per heavy atom. The monoisotopic (exact) mass is 299 g/mol. The van der Waals surface area contributed by atoms with E-state index in [0.717, 1.165) is 31.9 Å². The summed E-state index contributed by atoms with van der Waals surface area (Å²) in [7, 11) is 0. The molecule has 104 valence electrons. The van der Waals surface area contributed by atoms with Gasteiger partial charge in [-0.15, -0.1) is 23.7 Å². The summed E-state index contributed by atoms with van der Waals surface area (Å²) in [5.74, 6) is 0. The van der Waals surface area contributed by atoms with Crippen LogP contribution in [0.4, 0.5) is 0 Å². The second-order valence-corrected chi connectivity index (χ2v) is 5.53. The molecule has 1 aromatic carbocycles. The van der Waals surface area contributed by atoms with Crippen molar-refractivity contribution in [1.82, 2.24) is 4.90 Å². The molecule has 0 radical (unpaired) electrons. The number of nitrogens with zero attached hydrogens (tertiary/aromatic N) is 1. The Bertz CT molecular complexity index is 525. The third kappa shape index (κ3) is 3.27. The number of β-amino-alcohol motifs (C(OH)–C–C–N with tert-alkyl or cyclic N) is 1. The number of benzene rings is 1. The zero-order valence-corrected chi connectivity index (χ0v) is 12.3. The minimum Gasteiger partial charge on any atom is -0.387 e. The molecule has 2 heterocycles. The highest BCUT2D eigenvalue weighted by molar-refractivity contribution is 7.17. The van der Waals surface area contributed by atoms with Gasteiger partial charge in [0.25, 0.3) is 0 Å². The highest BCUT2D eigenvalue weighted by atomic mass is 35.5. The van der Waals surface area contributed by atoms with Gasteiger partial charge < -0.3 is 9.84 Å². The van der Waals surface area contributed by atoms with Crippen LogP contribution in [0.3, 0.4) is 0 Å². The fraction of sp³-hybridized carbons (Fsp3) is 0.429. The first-order chi connectivity index (χ1) is 8.84. The zero-order chi connectivity index (χ0) is 12.4. The van der Waals surface area contributed by atoms with Crippen LogP contribution in [0.1, 0.15) is 11.7 Å². The van der Waals surface area contributed by atoms with E-state index >= 15 is 0 Å². The van der Waals surface area contributed by atoms with Crippen molar-refractivity contribution in [2.75, 3.05) is 32.8 Å². The van der Waals surface area contributed by atoms with Crippen molar-refractivity contribution in [2.24, 2.45) is 0 Å². The average molecular weight is 300 g/mol. The van der Waals surface area contributed by atoms with Crippen LogP contribution < -0.4 is 0 Å². The number of aliphatic hydroxyl groups excluding tert-OH is 1. The largest absolute Gasteiger partial charge is 0.387 e. The van der Waals surface area contributed by atoms with Crippen molar-refractivity contribution in [1.29, 1.82) is 0 Å². The van der Waals surface area contributed by atoms with Crippen molar-refractivity contribution in [2.45, 2.75) is 6.10 Å². The molecule has 1 unspecified atom stereocenters. The van der Waals surface area contributed by atoms with E-state index in [0.29, 0.717) is 6.54 Å². The molecule has 0 spiro atoms. The van der Waals surface area contributed by atoms with Gasteiger partial charge in [0.05, 0.1) is 19.3 Å². The predicted octanol–water partition coefficient (Wildman–Crippen LogP) is 2.69. The summed E-state index contributed by atoms with van der Waals surface area (Å²) in [6.07, 6.45) is -0.403. The van der Waals surface area contributed by atoms with Crippen LogP contribution in [0.2, 0.25) is 0 Å². The van der Waals surface area contributed by atoms with Crippen LogP contribution in [0.15, 0.2) is 29.6 Å². The van der Waals surface area contributed by atoms with Crippen molar-refractivity contribution in [3.8, 4) is 0 Å². The van der Waals surface area contributed by atoms with Gasteiger partial charge in [0, 0.05) is 29.9 Å². The Labute approximate surface area is 123 Å². The molecular weight excluding hydrogens is 282 g/mol. The molecule has 3 nitrogen and oxygen atoms in total. The van der Waals surface area contributed by atoms with Gasteiger partial charge in [0.15, 0.2) is 0 Å². The lowest BCUT2D eigenvalue weighted by molar-refractivity contribution is 0.0146. The van der Waals surface area contributed by atoms with Crippen molar-refractivity contribution < 1.29 is 9.84 Å². The number of thiophene rings is 1. The van der Waals surface area contributed by atoms with E-state index < -0.39 is 6.10 Å². The molecule has 1 aromatic heterocycles. The number of halogens is 1. The summed E-state index contributed by atoms with van der Waals surface area (Å²) in [6.45, 7) is 4.08. The summed E-state index contributed by atoms with van der Waals surface area (Å²) >= 11 is 1.70. The predicted molar refractivity (Wildman–Crippen MR) is 81.3 cm³/mol. The van der Waals surface area contributed by atoms with Crippen LogP contribution in [0.5, 0.6) is 0 Å². The lowest BCUT2D eigenvalue weighted by Gasteiger charge is -2.28. The topological polar surface area (TPSA) is 32.7 Å². The molecule has 19 heavy (non-hydrogen) atoms. The van der Waals surface area contributed by atoms with E-state index in [-0.39, 0.29) is 12.4 Å². The minimum absolute atomic E-state index is 0. The van der Waals surface area contributed by atoms with Gasteiger partial charge in [-0.2, -0.15) is 0 Å². The molecule has 1 fully saturated rings. The van der Waals surface area contributed by atoms with Crippen molar-refractivity contribution in [3.63, 3.8) is 0 Å². The molecule has 1 atom stereocenters. The van der Waals surface area contributed by atoms with Gasteiger partial charge >= 0.3 is 0 Å². The normalized spacial score (nSPS) is 18.2. The maximum Gasteiger partial charge on any atom is 0.0930 e. The molecule has 5 heteroatoms. The SMILES string of the molecule is Cl.OC(CN1CCOCC1)c1csc2ccccc12. The van der Waals surface area contributed by atoms with Crippen LogP contribution in [0, 0.1) is 0 Å². The molecular formula is C14H18ClNO2S. The molecule has 0 amide bonds. The van der Waals surface area contributed by atoms with Gasteiger partial charge in [-0.05, 0) is 16.8 Å². The number of ether oxygens (including phenoxy) is 1. The summed E-state index contributed by atoms with van der Waals surface area (Å²) < 4.78 is 6.56. The summed E-state index contributed by atoms with van der Waals surface area (Å²) in [5, 5.41) is 13.6. The third-order valence-corrected chi connectivity index (χ3v) is 4.39. The molecule has 1 N–H and O–H groups in total. The fourth-order valence-corrected chi connectivity index (χ4v) is 3.39. The first kappa shape index (κ1) is 14.8. The number of hydrogen-bond acceptors (Lipinski definition) is 4. The summed E-state index contributed by atoms with van der Waals surface area (Å²) in [5.41, 5.74) is 1.06. The Morgan fingerprint density at radius 1 is 1.26 bits per heavy atom. The molecule has 3 rings (SSSR count). The lowest BCUT2D eigenvalue weighted by atomic mass is 10.1. The summed E-state index contributed by atoms with van der Waals surface area (Å²) in [4.78, 5) is 2.26. The Kier molecular flexibility index (Phi) is 5.19. The molecule has 1 aliphatic heterocycles. The number of hydrogen-bond donors (Lipinski definition) is 1. The van der Waals surface area contributed by atoms with E-state index in [1.165, 1.54) is 10.1 Å². The van der Waals surface area contributed by atoms with Crippen LogP contribution >= 0.6 is 23.7 Å². The summed E-state index contributed by atoms with van der Waals surface area (Å²) in [6, 6.07) is 8.26. The maximum absolute atomic E-state index is 10.4. The van der Waals surface area contributed by atoms with Gasteiger partial charge in [-0.3, -0.25) is 4.90 Å². The van der Waals surface area contributed by atoms with Gasteiger partial charge in [0.2, 0.25) is 0 Å². The highest BCUT2D eigenvalue weighted by Crippen LogP contribution is 2.30. The second kappa shape index (κ2) is 6.68. The number of aliphatic hydroxyl groups is 1. The van der Waals surface area contributed by atoms with Crippen LogP contribution in [0.25, 0.3) is 10.1 Å². The van der Waals surface area contributed by atoms with Crippen molar-refractivity contribution >= 4 is 33.8 Å². The Hall–Kier alpha value is -0.650. The van der Waals surface area contributed by atoms with E-state index in [2.05, 4.69) is 22.4 Å². The van der Waals surface area contributed by atoms with Crippen LogP contribution in [-0.2, 0) is 4.74 Å². The number of fused-ring (bicyclic) bond motifs is 1. The maximum atomic E-state index is 10.4. The highest BCUT2D eigenvalue weighted by Gasteiger charge is 2.18. The molecule has 0 bridgehead atoms. The first-order valence-electron chi connectivity index (χ1n) is 6.29. The lowest BCUT2D eigenvalue weighted by Crippen LogP contribution is -2.38. The quantitative estimate of drug-likeness (QED) is 0.946. The van der Waals surface area contributed by atoms with Crippen LogP contribution in [-0.4, -0.2) is 42.9 Å². The minimum atomic E-state index is -0.403. The van der Waals surface area contributed by atoms with E-state index in [4.69, 9.17) is 4.74 Å².